The molecule has 1 amide bonds. The van der Waals surface area contributed by atoms with Gasteiger partial charge in [-0.15, -0.1) is 0 Å². The normalized spacial score (nSPS) is 15.3. The molecule has 0 bridgehead atoms. The Kier molecular flexibility index (Phi) is 7.05. The van der Waals surface area contributed by atoms with E-state index in [1.165, 1.54) is 12.1 Å². The van der Waals surface area contributed by atoms with Gasteiger partial charge in [0.15, 0.2) is 5.96 Å². The molecule has 1 aliphatic rings. The number of carbonyl (C=O) groups excluding carboxylic acids is 1. The third kappa shape index (κ3) is 5.94. The van der Waals surface area contributed by atoms with Gasteiger partial charge in [-0.25, -0.2) is 4.39 Å². The maximum absolute atomic E-state index is 13.2. The highest BCUT2D eigenvalue weighted by Crippen LogP contribution is 2.21. The highest BCUT2D eigenvalue weighted by atomic mass is 19.1. The molecule has 1 saturated heterocycles. The van der Waals surface area contributed by atoms with E-state index in [4.69, 9.17) is 4.74 Å². The van der Waals surface area contributed by atoms with E-state index in [1.807, 2.05) is 36.1 Å². The van der Waals surface area contributed by atoms with Crippen molar-refractivity contribution in [2.75, 3.05) is 25.0 Å². The second kappa shape index (κ2) is 9.91. The molecular weight excluding hydrogens is 371 g/mol. The number of rotatable bonds is 7. The predicted octanol–water partition coefficient (Wildman–Crippen LogP) is 3.09. The molecule has 0 radical (unpaired) electrons. The molecule has 29 heavy (non-hydrogen) atoms. The number of benzene rings is 2. The smallest absolute Gasteiger partial charge is 0.227 e. The van der Waals surface area contributed by atoms with Gasteiger partial charge in [-0.1, -0.05) is 18.2 Å². The van der Waals surface area contributed by atoms with Crippen molar-refractivity contribution in [1.82, 2.24) is 10.6 Å². The molecule has 2 aromatic rings. The molecule has 1 atom stereocenters. The Morgan fingerprint density at radius 2 is 2.03 bits per heavy atom. The number of nitrogens with one attached hydrogen (secondary N) is 2. The van der Waals surface area contributed by atoms with Crippen LogP contribution in [0.4, 0.5) is 10.1 Å². The molecule has 0 spiro atoms. The first-order valence-corrected chi connectivity index (χ1v) is 9.81. The molecule has 2 N–H and O–H groups in total. The first-order chi connectivity index (χ1) is 14.0. The Labute approximate surface area is 170 Å². The van der Waals surface area contributed by atoms with Crippen molar-refractivity contribution in [3.63, 3.8) is 0 Å². The molecule has 7 heteroatoms. The van der Waals surface area contributed by atoms with E-state index in [2.05, 4.69) is 15.6 Å². The standard InChI is InChI=1S/C22H27FN4O2/c1-16(29-20-6-3-5-18(23)13-20)14-25-22(24-2)26-15-17-8-10-19(11-9-17)27-12-4-7-21(27)28/h3,5-6,8-11,13,16H,4,7,12,14-15H2,1-2H3,(H2,24,25,26). The number of hydrogen-bond acceptors (Lipinski definition) is 3. The van der Waals surface area contributed by atoms with Gasteiger partial charge >= 0.3 is 0 Å². The highest BCUT2D eigenvalue weighted by molar-refractivity contribution is 5.95. The number of guanidine groups is 1. The number of ether oxygens (including phenoxy) is 1. The van der Waals surface area contributed by atoms with Crippen LogP contribution in [0.5, 0.6) is 5.75 Å². The summed E-state index contributed by atoms with van der Waals surface area (Å²) in [6.07, 6.45) is 1.39. The Morgan fingerprint density at radius 3 is 2.69 bits per heavy atom. The number of aliphatic imine (C=N–C) groups is 1. The van der Waals surface area contributed by atoms with Gasteiger partial charge in [-0.2, -0.15) is 0 Å². The van der Waals surface area contributed by atoms with Crippen LogP contribution in [0.1, 0.15) is 25.3 Å². The quantitative estimate of drug-likeness (QED) is 0.556. The lowest BCUT2D eigenvalue weighted by atomic mass is 10.2. The van der Waals surface area contributed by atoms with Crippen molar-refractivity contribution < 1.29 is 13.9 Å². The average Bonchev–Trinajstić information content (AvgIpc) is 3.14. The Morgan fingerprint density at radius 1 is 1.24 bits per heavy atom. The molecule has 0 aliphatic carbocycles. The molecule has 0 saturated carbocycles. The minimum atomic E-state index is -0.319. The number of halogens is 1. The van der Waals surface area contributed by atoms with Crippen LogP contribution in [0.15, 0.2) is 53.5 Å². The van der Waals surface area contributed by atoms with Crippen molar-refractivity contribution >= 4 is 17.6 Å². The summed E-state index contributed by atoms with van der Waals surface area (Å²) in [6, 6.07) is 14.1. The topological polar surface area (TPSA) is 66.0 Å². The minimum Gasteiger partial charge on any atom is -0.489 e. The summed E-state index contributed by atoms with van der Waals surface area (Å²) >= 11 is 0. The molecule has 1 heterocycles. The monoisotopic (exact) mass is 398 g/mol. The summed E-state index contributed by atoms with van der Waals surface area (Å²) in [6.45, 7) is 3.83. The van der Waals surface area contributed by atoms with E-state index < -0.39 is 0 Å². The molecule has 1 aliphatic heterocycles. The minimum absolute atomic E-state index is 0.160. The average molecular weight is 398 g/mol. The molecule has 6 nitrogen and oxygen atoms in total. The van der Waals surface area contributed by atoms with Crippen molar-refractivity contribution in [1.29, 1.82) is 0 Å². The zero-order valence-corrected chi connectivity index (χ0v) is 16.8. The highest BCUT2D eigenvalue weighted by Gasteiger charge is 2.21. The lowest BCUT2D eigenvalue weighted by Crippen LogP contribution is -2.41. The second-order valence-corrected chi connectivity index (χ2v) is 7.01. The maximum atomic E-state index is 13.2. The van der Waals surface area contributed by atoms with Gasteiger partial charge in [-0.05, 0) is 43.2 Å². The van der Waals surface area contributed by atoms with Gasteiger partial charge in [0.1, 0.15) is 17.7 Å². The Balaban J connectivity index is 1.44. The van der Waals surface area contributed by atoms with Crippen LogP contribution in [-0.2, 0) is 11.3 Å². The largest absolute Gasteiger partial charge is 0.489 e. The molecule has 154 valence electrons. The van der Waals surface area contributed by atoms with Crippen LogP contribution in [0, 0.1) is 5.82 Å². The number of anilines is 1. The first kappa shape index (κ1) is 20.6. The van der Waals surface area contributed by atoms with Gasteiger partial charge in [0, 0.05) is 38.3 Å². The van der Waals surface area contributed by atoms with Crippen LogP contribution < -0.4 is 20.3 Å². The van der Waals surface area contributed by atoms with E-state index in [0.717, 1.165) is 24.2 Å². The molecule has 3 rings (SSSR count). The number of hydrogen-bond donors (Lipinski definition) is 2. The van der Waals surface area contributed by atoms with Crippen LogP contribution in [0.3, 0.4) is 0 Å². The lowest BCUT2D eigenvalue weighted by molar-refractivity contribution is -0.117. The maximum Gasteiger partial charge on any atom is 0.227 e. The molecule has 0 aromatic heterocycles. The summed E-state index contributed by atoms with van der Waals surface area (Å²) in [7, 11) is 1.70. The summed E-state index contributed by atoms with van der Waals surface area (Å²) in [5.41, 5.74) is 2.04. The molecular formula is C22H27FN4O2. The summed E-state index contributed by atoms with van der Waals surface area (Å²) in [4.78, 5) is 17.9. The van der Waals surface area contributed by atoms with Gasteiger partial charge in [0.2, 0.25) is 5.91 Å². The summed E-state index contributed by atoms with van der Waals surface area (Å²) < 4.78 is 18.9. The third-order valence-corrected chi connectivity index (χ3v) is 4.70. The number of amides is 1. The Hall–Kier alpha value is -3.09. The van der Waals surface area contributed by atoms with Crippen molar-refractivity contribution in [3.05, 3.63) is 59.9 Å². The van der Waals surface area contributed by atoms with Crippen LogP contribution >= 0.6 is 0 Å². The van der Waals surface area contributed by atoms with Gasteiger partial charge in [0.25, 0.3) is 0 Å². The number of nitrogens with zero attached hydrogens (tertiary/aromatic N) is 2. The van der Waals surface area contributed by atoms with E-state index >= 15 is 0 Å². The fourth-order valence-electron chi connectivity index (χ4n) is 3.18. The summed E-state index contributed by atoms with van der Waals surface area (Å²) in [5, 5.41) is 6.46. The fraction of sp³-hybridized carbons (Fsp3) is 0.364. The van der Waals surface area contributed by atoms with Crippen LogP contribution in [0.2, 0.25) is 0 Å². The van der Waals surface area contributed by atoms with E-state index in [-0.39, 0.29) is 17.8 Å². The fourth-order valence-corrected chi connectivity index (χ4v) is 3.18. The molecule has 1 unspecified atom stereocenters. The third-order valence-electron chi connectivity index (χ3n) is 4.70. The van der Waals surface area contributed by atoms with Crippen molar-refractivity contribution in [2.45, 2.75) is 32.4 Å². The number of carbonyl (C=O) groups is 1. The predicted molar refractivity (Wildman–Crippen MR) is 113 cm³/mol. The zero-order chi connectivity index (χ0) is 20.6. The van der Waals surface area contributed by atoms with Crippen molar-refractivity contribution in [3.8, 4) is 5.75 Å². The van der Waals surface area contributed by atoms with Crippen molar-refractivity contribution in [2.24, 2.45) is 4.99 Å². The second-order valence-electron chi connectivity index (χ2n) is 7.01. The van der Waals surface area contributed by atoms with Crippen LogP contribution in [0.25, 0.3) is 0 Å². The van der Waals surface area contributed by atoms with Gasteiger partial charge in [-0.3, -0.25) is 9.79 Å². The molecule has 1 fully saturated rings. The summed E-state index contributed by atoms with van der Waals surface area (Å²) in [5.74, 6) is 1.02. The molecule has 2 aromatic carbocycles. The zero-order valence-electron chi connectivity index (χ0n) is 16.8. The SMILES string of the molecule is CN=C(NCc1ccc(N2CCCC2=O)cc1)NCC(C)Oc1cccc(F)c1. The van der Waals surface area contributed by atoms with Crippen LogP contribution in [-0.4, -0.2) is 38.1 Å². The van der Waals surface area contributed by atoms with E-state index in [0.29, 0.717) is 31.2 Å². The van der Waals surface area contributed by atoms with E-state index in [9.17, 15) is 9.18 Å². The van der Waals surface area contributed by atoms with Gasteiger partial charge < -0.3 is 20.3 Å². The Bertz CT molecular complexity index is 854. The van der Waals surface area contributed by atoms with Gasteiger partial charge in [0.05, 0.1) is 6.54 Å². The lowest BCUT2D eigenvalue weighted by Gasteiger charge is -2.18. The first-order valence-electron chi connectivity index (χ1n) is 9.81. The van der Waals surface area contributed by atoms with E-state index in [1.54, 1.807) is 19.2 Å².